The van der Waals surface area contributed by atoms with Gasteiger partial charge >= 0.3 is 0 Å². The van der Waals surface area contributed by atoms with E-state index in [1.165, 1.54) is 0 Å². The summed E-state index contributed by atoms with van der Waals surface area (Å²) in [6.45, 7) is 9.01. The molecule has 31 heavy (non-hydrogen) atoms. The zero-order chi connectivity index (χ0) is 22.4. The first-order chi connectivity index (χ1) is 14.6. The third-order valence-electron chi connectivity index (χ3n) is 5.62. The lowest BCUT2D eigenvalue weighted by atomic mass is 9.81. The number of Topliss-reactive ketones (excluding diaryl/α,β-unsaturated/α-hetero) is 1. The minimum atomic E-state index is -1.05. The number of aryl methyl sites for hydroxylation is 1. The molecule has 0 bridgehead atoms. The maximum atomic E-state index is 13.2. The van der Waals surface area contributed by atoms with Crippen LogP contribution in [0, 0.1) is 0 Å². The van der Waals surface area contributed by atoms with E-state index in [2.05, 4.69) is 4.98 Å². The van der Waals surface area contributed by atoms with Crippen molar-refractivity contribution in [2.45, 2.75) is 52.2 Å². The smallest absolute Gasteiger partial charge is 0.219 e. The van der Waals surface area contributed by atoms with Gasteiger partial charge in [0.2, 0.25) is 5.88 Å². The van der Waals surface area contributed by atoms with Gasteiger partial charge in [0.15, 0.2) is 5.78 Å². The molecule has 5 heteroatoms. The highest BCUT2D eigenvalue weighted by molar-refractivity contribution is 6.26. The lowest BCUT2D eigenvalue weighted by Crippen LogP contribution is -2.49. The van der Waals surface area contributed by atoms with Gasteiger partial charge in [-0.1, -0.05) is 31.2 Å². The first kappa shape index (κ1) is 21.1. The van der Waals surface area contributed by atoms with Crippen LogP contribution in [0.5, 0.6) is 11.6 Å². The maximum Gasteiger partial charge on any atom is 0.219 e. The van der Waals surface area contributed by atoms with Gasteiger partial charge in [-0.2, -0.15) is 0 Å². The lowest BCUT2D eigenvalue weighted by molar-refractivity contribution is -0.158. The Balaban J connectivity index is 1.79. The summed E-state index contributed by atoms with van der Waals surface area (Å²) in [6.07, 6.45) is 0.704. The van der Waals surface area contributed by atoms with Crippen LogP contribution in [-0.2, 0) is 16.0 Å². The first-order valence-corrected chi connectivity index (χ1v) is 10.5. The molecule has 0 saturated carbocycles. The molecule has 2 heterocycles. The molecule has 1 aromatic heterocycles. The number of nitrogens with zero attached hydrogens (tertiary/aromatic N) is 1. The van der Waals surface area contributed by atoms with Crippen LogP contribution in [0.15, 0.2) is 60.4 Å². The van der Waals surface area contributed by atoms with Crippen molar-refractivity contribution in [3.8, 4) is 11.6 Å². The number of para-hydroxylation sites is 1. The van der Waals surface area contributed by atoms with Crippen LogP contribution in [0.1, 0.15) is 45.7 Å². The summed E-state index contributed by atoms with van der Waals surface area (Å²) in [5.74, 6) is 0.698. The minimum Gasteiger partial charge on any atom is -0.508 e. The SMILES string of the molecule is CCc1ccc(Oc2ccc3ccccc3n2)cc1C1=C(O)C(C)(C)OC(C)(C)C1=O. The summed E-state index contributed by atoms with van der Waals surface area (Å²) in [4.78, 5) is 17.8. The predicted molar refractivity (Wildman–Crippen MR) is 121 cm³/mol. The van der Waals surface area contributed by atoms with Crippen LogP contribution in [-0.4, -0.2) is 27.1 Å². The number of aromatic nitrogens is 1. The molecule has 3 aromatic rings. The Morgan fingerprint density at radius 1 is 1.00 bits per heavy atom. The highest BCUT2D eigenvalue weighted by atomic mass is 16.5. The van der Waals surface area contributed by atoms with Crippen LogP contribution in [0.2, 0.25) is 0 Å². The standard InChI is InChI=1S/C26H27NO4/c1-6-16-11-13-18(30-21-14-12-17-9-7-8-10-20(17)27-21)15-19(16)22-23(28)25(2,3)31-26(4,5)24(22)29/h7-15,28H,6H2,1-5H3. The van der Waals surface area contributed by atoms with Crippen LogP contribution in [0.25, 0.3) is 16.5 Å². The maximum absolute atomic E-state index is 13.2. The number of carbonyl (C=O) groups is 1. The van der Waals surface area contributed by atoms with E-state index in [0.29, 0.717) is 23.6 Å². The van der Waals surface area contributed by atoms with Crippen molar-refractivity contribution in [1.82, 2.24) is 4.98 Å². The third kappa shape index (κ3) is 3.81. The Morgan fingerprint density at radius 2 is 1.74 bits per heavy atom. The second kappa shape index (κ2) is 7.50. The summed E-state index contributed by atoms with van der Waals surface area (Å²) in [5.41, 5.74) is 0.709. The molecule has 1 aliphatic rings. The number of ether oxygens (including phenoxy) is 2. The molecular formula is C26H27NO4. The molecule has 4 rings (SSSR count). The Bertz CT molecular complexity index is 1210. The van der Waals surface area contributed by atoms with Crippen LogP contribution >= 0.6 is 0 Å². The van der Waals surface area contributed by atoms with Gasteiger partial charge in [0.25, 0.3) is 0 Å². The van der Waals surface area contributed by atoms with Gasteiger partial charge in [-0.15, -0.1) is 0 Å². The first-order valence-electron chi connectivity index (χ1n) is 10.5. The van der Waals surface area contributed by atoms with E-state index >= 15 is 0 Å². The monoisotopic (exact) mass is 417 g/mol. The topological polar surface area (TPSA) is 68.7 Å². The molecule has 1 N–H and O–H groups in total. The number of carbonyl (C=O) groups excluding carboxylic acids is 1. The Morgan fingerprint density at radius 3 is 2.48 bits per heavy atom. The van der Waals surface area contributed by atoms with E-state index in [0.717, 1.165) is 16.5 Å². The zero-order valence-corrected chi connectivity index (χ0v) is 18.5. The molecular weight excluding hydrogens is 390 g/mol. The van der Waals surface area contributed by atoms with E-state index in [9.17, 15) is 9.90 Å². The van der Waals surface area contributed by atoms with Gasteiger partial charge in [-0.05, 0) is 69.5 Å². The number of benzene rings is 2. The van der Waals surface area contributed by atoms with Crippen LogP contribution in [0.3, 0.4) is 0 Å². The second-order valence-corrected chi connectivity index (χ2v) is 8.79. The number of rotatable bonds is 4. The molecule has 2 aromatic carbocycles. The van der Waals surface area contributed by atoms with Gasteiger partial charge in [0, 0.05) is 11.5 Å². The zero-order valence-electron chi connectivity index (χ0n) is 18.5. The summed E-state index contributed by atoms with van der Waals surface area (Å²) in [6, 6.07) is 17.2. The number of hydrogen-bond donors (Lipinski definition) is 1. The average Bonchev–Trinajstić information content (AvgIpc) is 2.72. The highest BCUT2D eigenvalue weighted by Gasteiger charge is 2.47. The quantitative estimate of drug-likeness (QED) is 0.562. The number of pyridine rings is 1. The van der Waals surface area contributed by atoms with Gasteiger partial charge < -0.3 is 14.6 Å². The van der Waals surface area contributed by atoms with Gasteiger partial charge in [0.05, 0.1) is 11.1 Å². The van der Waals surface area contributed by atoms with Crippen molar-refractivity contribution in [3.05, 3.63) is 71.5 Å². The molecule has 1 aliphatic heterocycles. The van der Waals surface area contributed by atoms with E-state index in [4.69, 9.17) is 9.47 Å². The highest BCUT2D eigenvalue weighted by Crippen LogP contribution is 2.41. The van der Waals surface area contributed by atoms with Crippen molar-refractivity contribution in [2.75, 3.05) is 0 Å². The largest absolute Gasteiger partial charge is 0.508 e. The van der Waals surface area contributed by atoms with Gasteiger partial charge in [-0.3, -0.25) is 4.79 Å². The lowest BCUT2D eigenvalue weighted by Gasteiger charge is -2.40. The minimum absolute atomic E-state index is 0.0625. The van der Waals surface area contributed by atoms with Gasteiger partial charge in [0.1, 0.15) is 22.7 Å². The molecule has 5 nitrogen and oxygen atoms in total. The van der Waals surface area contributed by atoms with Gasteiger partial charge in [-0.25, -0.2) is 4.98 Å². The van der Waals surface area contributed by atoms with Crippen molar-refractivity contribution in [1.29, 1.82) is 0 Å². The fourth-order valence-electron chi connectivity index (χ4n) is 4.08. The molecule has 0 atom stereocenters. The van der Waals surface area contributed by atoms with Crippen molar-refractivity contribution < 1.29 is 19.4 Å². The summed E-state index contributed by atoms with van der Waals surface area (Å²) < 4.78 is 11.9. The predicted octanol–water partition coefficient (Wildman–Crippen LogP) is 6.02. The average molecular weight is 418 g/mol. The van der Waals surface area contributed by atoms with Crippen molar-refractivity contribution >= 4 is 22.3 Å². The molecule has 0 radical (unpaired) electrons. The van der Waals surface area contributed by atoms with Crippen molar-refractivity contribution in [2.24, 2.45) is 0 Å². The number of aliphatic hydroxyl groups is 1. The fraction of sp³-hybridized carbons (Fsp3) is 0.308. The van der Waals surface area contributed by atoms with Crippen LogP contribution in [0.4, 0.5) is 0 Å². The third-order valence-corrected chi connectivity index (χ3v) is 5.62. The van der Waals surface area contributed by atoms with E-state index < -0.39 is 11.2 Å². The van der Waals surface area contributed by atoms with E-state index in [-0.39, 0.29) is 17.1 Å². The molecule has 0 spiro atoms. The second-order valence-electron chi connectivity index (χ2n) is 8.79. The molecule has 0 unspecified atom stereocenters. The number of aliphatic hydroxyl groups excluding tert-OH is 1. The Kier molecular flexibility index (Phi) is 5.10. The Hall–Kier alpha value is -3.18. The molecule has 0 saturated heterocycles. The Labute approximate surface area is 182 Å². The van der Waals surface area contributed by atoms with E-state index in [1.54, 1.807) is 33.8 Å². The number of fused-ring (bicyclic) bond motifs is 1. The molecule has 0 aliphatic carbocycles. The summed E-state index contributed by atoms with van der Waals surface area (Å²) >= 11 is 0. The normalized spacial score (nSPS) is 17.8. The fourth-order valence-corrected chi connectivity index (χ4v) is 4.08. The van der Waals surface area contributed by atoms with Crippen LogP contribution < -0.4 is 4.74 Å². The number of hydrogen-bond acceptors (Lipinski definition) is 5. The number of ketones is 1. The summed E-state index contributed by atoms with van der Waals surface area (Å²) in [5, 5.41) is 12.0. The molecule has 0 fully saturated rings. The molecule has 0 amide bonds. The molecule has 160 valence electrons. The van der Waals surface area contributed by atoms with Crippen molar-refractivity contribution in [3.63, 3.8) is 0 Å². The summed E-state index contributed by atoms with van der Waals surface area (Å²) in [7, 11) is 0. The van der Waals surface area contributed by atoms with E-state index in [1.807, 2.05) is 55.5 Å².